The predicted molar refractivity (Wildman–Crippen MR) is 84.9 cm³/mol. The number of benzene rings is 1. The maximum atomic E-state index is 12.4. The molecule has 0 bridgehead atoms. The fourth-order valence-electron chi connectivity index (χ4n) is 2.25. The molecule has 0 saturated carbocycles. The van der Waals surface area contributed by atoms with Crippen LogP contribution in [0.15, 0.2) is 18.2 Å². The van der Waals surface area contributed by atoms with Crippen LogP contribution in [0.4, 0.5) is 14.5 Å². The lowest BCUT2D eigenvalue weighted by atomic mass is 10.1. The summed E-state index contributed by atoms with van der Waals surface area (Å²) in [5, 5.41) is 7.00. The summed E-state index contributed by atoms with van der Waals surface area (Å²) < 4.78 is 36.2. The first-order valence-corrected chi connectivity index (χ1v) is 7.36. The van der Waals surface area contributed by atoms with Crippen LogP contribution in [0, 0.1) is 13.8 Å². The van der Waals surface area contributed by atoms with Gasteiger partial charge in [-0.25, -0.2) is 0 Å². The molecule has 0 spiro atoms. The average Bonchev–Trinajstić information content (AvgIpc) is 2.75. The third-order valence-corrected chi connectivity index (χ3v) is 3.47. The zero-order valence-electron chi connectivity index (χ0n) is 13.9. The molecule has 0 atom stereocenters. The van der Waals surface area contributed by atoms with E-state index in [0.717, 1.165) is 5.69 Å². The van der Waals surface area contributed by atoms with Crippen molar-refractivity contribution in [1.29, 1.82) is 0 Å². The number of aromatic nitrogens is 2. The molecule has 1 amide bonds. The van der Waals surface area contributed by atoms with Gasteiger partial charge in [0.2, 0.25) is 0 Å². The average molecular weight is 339 g/mol. The molecule has 0 aliphatic rings. The Morgan fingerprint density at radius 2 is 2.04 bits per heavy atom. The molecule has 6 nitrogen and oxygen atoms in total. The molecule has 2 rings (SSSR count). The molecule has 1 aromatic heterocycles. The van der Waals surface area contributed by atoms with Crippen LogP contribution in [-0.4, -0.2) is 28.9 Å². The van der Waals surface area contributed by atoms with Crippen molar-refractivity contribution in [3.05, 3.63) is 35.2 Å². The normalized spacial score (nSPS) is 10.8. The Labute approximate surface area is 138 Å². The lowest BCUT2D eigenvalue weighted by molar-refractivity contribution is -0.0514. The minimum atomic E-state index is -2.97. The van der Waals surface area contributed by atoms with Gasteiger partial charge in [-0.15, -0.1) is 0 Å². The topological polar surface area (TPSA) is 65.4 Å². The highest BCUT2D eigenvalue weighted by molar-refractivity contribution is 6.05. The fourth-order valence-corrected chi connectivity index (χ4v) is 2.25. The second kappa shape index (κ2) is 7.29. The Kier molecular flexibility index (Phi) is 5.38. The predicted octanol–water partition coefficient (Wildman–Crippen LogP) is 3.29. The van der Waals surface area contributed by atoms with Crippen molar-refractivity contribution >= 4 is 11.6 Å². The molecule has 0 unspecified atom stereocenters. The van der Waals surface area contributed by atoms with Gasteiger partial charge in [0.1, 0.15) is 0 Å². The number of carbonyl (C=O) groups excluding carboxylic acids is 1. The highest BCUT2D eigenvalue weighted by Gasteiger charge is 2.17. The molecule has 0 radical (unpaired) electrons. The standard InChI is InChI=1S/C16H19F2N3O3/c1-5-23-13-8-11(6-7-12(13)24-16(17)18)15(22)19-14-9(2)20-21(4)10(14)3/h6-8,16H,5H2,1-4H3,(H,19,22). The summed E-state index contributed by atoms with van der Waals surface area (Å²) in [7, 11) is 1.78. The molecular formula is C16H19F2N3O3. The lowest BCUT2D eigenvalue weighted by Gasteiger charge is -2.13. The minimum Gasteiger partial charge on any atom is -0.490 e. The van der Waals surface area contributed by atoms with Gasteiger partial charge >= 0.3 is 6.61 Å². The van der Waals surface area contributed by atoms with Gasteiger partial charge in [0.25, 0.3) is 5.91 Å². The maximum absolute atomic E-state index is 12.4. The Hall–Kier alpha value is -2.64. The van der Waals surface area contributed by atoms with Crippen LogP contribution in [0.2, 0.25) is 0 Å². The van der Waals surface area contributed by atoms with Gasteiger partial charge in [-0.3, -0.25) is 9.48 Å². The SMILES string of the molecule is CCOc1cc(C(=O)Nc2c(C)nn(C)c2C)ccc1OC(F)F. The number of nitrogens with zero attached hydrogens (tertiary/aromatic N) is 2. The lowest BCUT2D eigenvalue weighted by Crippen LogP contribution is -2.14. The van der Waals surface area contributed by atoms with Crippen molar-refractivity contribution in [3.63, 3.8) is 0 Å². The summed E-state index contributed by atoms with van der Waals surface area (Å²) in [6, 6.07) is 4.06. The fraction of sp³-hybridized carbons (Fsp3) is 0.375. The Morgan fingerprint density at radius 3 is 2.58 bits per heavy atom. The van der Waals surface area contributed by atoms with Gasteiger partial charge in [0.15, 0.2) is 11.5 Å². The van der Waals surface area contributed by atoms with Crippen molar-refractivity contribution in [1.82, 2.24) is 9.78 Å². The molecule has 24 heavy (non-hydrogen) atoms. The number of aryl methyl sites for hydroxylation is 2. The van der Waals surface area contributed by atoms with Crippen molar-refractivity contribution in [3.8, 4) is 11.5 Å². The van der Waals surface area contributed by atoms with Crippen LogP contribution in [0.3, 0.4) is 0 Å². The molecule has 8 heteroatoms. The first-order valence-electron chi connectivity index (χ1n) is 7.36. The summed E-state index contributed by atoms with van der Waals surface area (Å²) >= 11 is 0. The van der Waals surface area contributed by atoms with Crippen LogP contribution in [0.5, 0.6) is 11.5 Å². The first-order chi connectivity index (χ1) is 11.3. The van der Waals surface area contributed by atoms with Crippen molar-refractivity contribution < 1.29 is 23.0 Å². The number of alkyl halides is 2. The minimum absolute atomic E-state index is 0.0880. The molecule has 130 valence electrons. The number of hydrogen-bond acceptors (Lipinski definition) is 4. The van der Waals surface area contributed by atoms with Gasteiger partial charge < -0.3 is 14.8 Å². The number of carbonyl (C=O) groups is 1. The third kappa shape index (κ3) is 3.81. The number of rotatable bonds is 6. The Morgan fingerprint density at radius 1 is 1.33 bits per heavy atom. The monoisotopic (exact) mass is 339 g/mol. The first kappa shape index (κ1) is 17.7. The van der Waals surface area contributed by atoms with Crippen LogP contribution < -0.4 is 14.8 Å². The van der Waals surface area contributed by atoms with Gasteiger partial charge in [0, 0.05) is 12.6 Å². The molecule has 1 N–H and O–H groups in total. The van der Waals surface area contributed by atoms with Gasteiger partial charge in [-0.1, -0.05) is 0 Å². The molecule has 0 aliphatic heterocycles. The quantitative estimate of drug-likeness (QED) is 0.877. The molecule has 0 saturated heterocycles. The van der Waals surface area contributed by atoms with Crippen molar-refractivity contribution in [2.24, 2.45) is 7.05 Å². The molecule has 2 aromatic rings. The second-order valence-corrected chi connectivity index (χ2v) is 5.10. The molecular weight excluding hydrogens is 320 g/mol. The van der Waals surface area contributed by atoms with Crippen LogP contribution in [0.1, 0.15) is 28.7 Å². The number of nitrogens with one attached hydrogen (secondary N) is 1. The summed E-state index contributed by atoms with van der Waals surface area (Å²) in [6.07, 6.45) is 0. The van der Waals surface area contributed by atoms with Gasteiger partial charge in [-0.05, 0) is 39.0 Å². The summed E-state index contributed by atoms with van der Waals surface area (Å²) in [5.41, 5.74) is 2.38. The number of amides is 1. The highest BCUT2D eigenvalue weighted by Crippen LogP contribution is 2.30. The van der Waals surface area contributed by atoms with Crippen LogP contribution in [0.25, 0.3) is 0 Å². The Bertz CT molecular complexity index is 744. The van der Waals surface area contributed by atoms with Gasteiger partial charge in [0.05, 0.1) is 23.7 Å². The summed E-state index contributed by atoms with van der Waals surface area (Å²) in [4.78, 5) is 12.4. The summed E-state index contributed by atoms with van der Waals surface area (Å²) in [5.74, 6) is -0.416. The maximum Gasteiger partial charge on any atom is 0.387 e. The van der Waals surface area contributed by atoms with E-state index in [1.807, 2.05) is 6.92 Å². The van der Waals surface area contributed by atoms with E-state index in [2.05, 4.69) is 15.2 Å². The van der Waals surface area contributed by atoms with E-state index in [1.165, 1.54) is 18.2 Å². The smallest absolute Gasteiger partial charge is 0.387 e. The van der Waals surface area contributed by atoms with Crippen LogP contribution in [-0.2, 0) is 7.05 Å². The third-order valence-electron chi connectivity index (χ3n) is 3.47. The van der Waals surface area contributed by atoms with E-state index in [-0.39, 0.29) is 23.7 Å². The van der Waals surface area contributed by atoms with E-state index in [4.69, 9.17) is 4.74 Å². The number of ether oxygens (including phenoxy) is 2. The van der Waals surface area contributed by atoms with E-state index in [0.29, 0.717) is 11.4 Å². The highest BCUT2D eigenvalue weighted by atomic mass is 19.3. The van der Waals surface area contributed by atoms with E-state index >= 15 is 0 Å². The zero-order valence-corrected chi connectivity index (χ0v) is 13.9. The molecule has 0 fully saturated rings. The molecule has 1 heterocycles. The van der Waals surface area contributed by atoms with E-state index in [1.54, 1.807) is 25.6 Å². The number of hydrogen-bond donors (Lipinski definition) is 1. The number of halogens is 2. The van der Waals surface area contributed by atoms with E-state index < -0.39 is 12.5 Å². The molecule has 0 aliphatic carbocycles. The second-order valence-electron chi connectivity index (χ2n) is 5.10. The van der Waals surface area contributed by atoms with Crippen LogP contribution >= 0.6 is 0 Å². The van der Waals surface area contributed by atoms with E-state index in [9.17, 15) is 13.6 Å². The largest absolute Gasteiger partial charge is 0.490 e. The Balaban J connectivity index is 2.27. The number of anilines is 1. The van der Waals surface area contributed by atoms with Crippen molar-refractivity contribution in [2.75, 3.05) is 11.9 Å². The van der Waals surface area contributed by atoms with Gasteiger partial charge in [-0.2, -0.15) is 13.9 Å². The zero-order chi connectivity index (χ0) is 17.9. The van der Waals surface area contributed by atoms with Crippen molar-refractivity contribution in [2.45, 2.75) is 27.4 Å². The summed E-state index contributed by atoms with van der Waals surface area (Å²) in [6.45, 7) is 2.62. The molecule has 1 aromatic carbocycles.